The lowest BCUT2D eigenvalue weighted by Gasteiger charge is -2.20. The van der Waals surface area contributed by atoms with Gasteiger partial charge < -0.3 is 15.0 Å². The van der Waals surface area contributed by atoms with Crippen LogP contribution in [0.5, 0.6) is 5.75 Å². The number of ether oxygens (including phenoxy) is 1. The fourth-order valence-corrected chi connectivity index (χ4v) is 3.51. The molecule has 0 bridgehead atoms. The molecular formula is C21H23ClN2O3. The molecule has 1 aliphatic heterocycles. The summed E-state index contributed by atoms with van der Waals surface area (Å²) in [4.78, 5) is 26.6. The van der Waals surface area contributed by atoms with E-state index in [1.807, 2.05) is 49.4 Å². The fourth-order valence-electron chi connectivity index (χ4n) is 3.29. The summed E-state index contributed by atoms with van der Waals surface area (Å²) in [7, 11) is 1.58. The van der Waals surface area contributed by atoms with Crippen molar-refractivity contribution in [3.05, 3.63) is 58.6 Å². The topological polar surface area (TPSA) is 58.6 Å². The summed E-state index contributed by atoms with van der Waals surface area (Å²) in [6.45, 7) is 2.84. The van der Waals surface area contributed by atoms with Crippen molar-refractivity contribution >= 4 is 29.1 Å². The van der Waals surface area contributed by atoms with Gasteiger partial charge in [-0.2, -0.15) is 0 Å². The van der Waals surface area contributed by atoms with Crippen molar-refractivity contribution in [2.75, 3.05) is 25.1 Å². The van der Waals surface area contributed by atoms with Gasteiger partial charge in [0, 0.05) is 24.5 Å². The molecule has 142 valence electrons. The number of carbonyl (C=O) groups excluding carboxylic acids is 2. The number of rotatable bonds is 6. The van der Waals surface area contributed by atoms with Crippen LogP contribution in [0.2, 0.25) is 5.02 Å². The molecule has 1 unspecified atom stereocenters. The predicted octanol–water partition coefficient (Wildman–Crippen LogP) is 3.37. The molecule has 2 aromatic carbocycles. The van der Waals surface area contributed by atoms with Crippen molar-refractivity contribution in [1.82, 2.24) is 5.32 Å². The van der Waals surface area contributed by atoms with Crippen molar-refractivity contribution < 1.29 is 14.3 Å². The van der Waals surface area contributed by atoms with Gasteiger partial charge in [-0.05, 0) is 48.7 Å². The van der Waals surface area contributed by atoms with E-state index in [0.29, 0.717) is 30.3 Å². The van der Waals surface area contributed by atoms with Gasteiger partial charge in [0.2, 0.25) is 11.8 Å². The number of halogens is 1. The molecule has 5 nitrogen and oxygen atoms in total. The van der Waals surface area contributed by atoms with E-state index in [1.54, 1.807) is 12.0 Å². The summed E-state index contributed by atoms with van der Waals surface area (Å²) in [5, 5.41) is 3.62. The minimum absolute atomic E-state index is 0.0612. The largest absolute Gasteiger partial charge is 0.495 e. The van der Waals surface area contributed by atoms with E-state index in [-0.39, 0.29) is 24.2 Å². The number of methoxy groups -OCH3 is 1. The highest BCUT2D eigenvalue weighted by Gasteiger charge is 2.36. The standard InChI is InChI=1S/C21H23ClN2O3/c1-14-6-7-19(27-2)18(10-14)24-13-16(12-20(24)25)21(26)23-9-8-15-4-3-5-17(22)11-15/h3-7,10-11,16H,8-9,12-13H2,1-2H3,(H,23,26). The zero-order chi connectivity index (χ0) is 19.4. The molecule has 2 amide bonds. The second-order valence-electron chi connectivity index (χ2n) is 6.75. The second-order valence-corrected chi connectivity index (χ2v) is 7.19. The Hall–Kier alpha value is -2.53. The van der Waals surface area contributed by atoms with E-state index < -0.39 is 0 Å². The molecule has 0 spiro atoms. The maximum absolute atomic E-state index is 12.5. The summed E-state index contributed by atoms with van der Waals surface area (Å²) >= 11 is 5.98. The Labute approximate surface area is 164 Å². The van der Waals surface area contributed by atoms with Gasteiger partial charge >= 0.3 is 0 Å². The molecule has 0 aromatic heterocycles. The number of anilines is 1. The summed E-state index contributed by atoms with van der Waals surface area (Å²) in [6, 6.07) is 13.3. The van der Waals surface area contributed by atoms with Gasteiger partial charge in [-0.3, -0.25) is 9.59 Å². The maximum Gasteiger partial charge on any atom is 0.227 e. The van der Waals surface area contributed by atoms with Crippen LogP contribution in [0.1, 0.15) is 17.5 Å². The first-order valence-corrected chi connectivity index (χ1v) is 9.33. The molecule has 27 heavy (non-hydrogen) atoms. The van der Waals surface area contributed by atoms with Crippen molar-refractivity contribution in [3.63, 3.8) is 0 Å². The summed E-state index contributed by atoms with van der Waals surface area (Å²) in [5.74, 6) is 0.117. The number of aryl methyl sites for hydroxylation is 1. The van der Waals surface area contributed by atoms with Crippen LogP contribution in [-0.2, 0) is 16.0 Å². The molecule has 1 atom stereocenters. The third kappa shape index (κ3) is 4.61. The summed E-state index contributed by atoms with van der Waals surface area (Å²) in [5.41, 5.74) is 2.82. The van der Waals surface area contributed by atoms with Gasteiger partial charge in [0.25, 0.3) is 0 Å². The number of hydrogen-bond acceptors (Lipinski definition) is 3. The van der Waals surface area contributed by atoms with Gasteiger partial charge in [0.15, 0.2) is 0 Å². The lowest BCUT2D eigenvalue weighted by molar-refractivity contribution is -0.126. The van der Waals surface area contributed by atoms with Crippen LogP contribution >= 0.6 is 11.6 Å². The fraction of sp³-hybridized carbons (Fsp3) is 0.333. The van der Waals surface area contributed by atoms with E-state index in [0.717, 1.165) is 16.8 Å². The molecule has 1 fully saturated rings. The van der Waals surface area contributed by atoms with Crippen LogP contribution in [0.15, 0.2) is 42.5 Å². The van der Waals surface area contributed by atoms with E-state index in [4.69, 9.17) is 16.3 Å². The number of carbonyl (C=O) groups is 2. The molecular weight excluding hydrogens is 364 g/mol. The highest BCUT2D eigenvalue weighted by molar-refractivity contribution is 6.30. The number of amides is 2. The first-order valence-electron chi connectivity index (χ1n) is 8.95. The zero-order valence-electron chi connectivity index (χ0n) is 15.5. The van der Waals surface area contributed by atoms with Crippen molar-refractivity contribution in [2.45, 2.75) is 19.8 Å². The predicted molar refractivity (Wildman–Crippen MR) is 106 cm³/mol. The normalized spacial score (nSPS) is 16.5. The quantitative estimate of drug-likeness (QED) is 0.828. The lowest BCUT2D eigenvalue weighted by Crippen LogP contribution is -2.34. The molecule has 0 aliphatic carbocycles. The van der Waals surface area contributed by atoms with Crippen LogP contribution in [0.3, 0.4) is 0 Å². The van der Waals surface area contributed by atoms with Crippen molar-refractivity contribution in [3.8, 4) is 5.75 Å². The zero-order valence-corrected chi connectivity index (χ0v) is 16.3. The van der Waals surface area contributed by atoms with Crippen LogP contribution in [0, 0.1) is 12.8 Å². The SMILES string of the molecule is COc1ccc(C)cc1N1CC(C(=O)NCCc2cccc(Cl)c2)CC1=O. The first kappa shape index (κ1) is 19.2. The van der Waals surface area contributed by atoms with Crippen LogP contribution in [-0.4, -0.2) is 32.0 Å². The molecule has 1 aliphatic rings. The van der Waals surface area contributed by atoms with Gasteiger partial charge in [-0.15, -0.1) is 0 Å². The Morgan fingerprint density at radius 1 is 1.30 bits per heavy atom. The monoisotopic (exact) mass is 386 g/mol. The molecule has 1 saturated heterocycles. The Balaban J connectivity index is 1.60. The number of benzene rings is 2. The highest BCUT2D eigenvalue weighted by Crippen LogP contribution is 2.33. The van der Waals surface area contributed by atoms with Gasteiger partial charge in [0.1, 0.15) is 5.75 Å². The number of nitrogens with one attached hydrogen (secondary N) is 1. The first-order chi connectivity index (χ1) is 13.0. The molecule has 0 radical (unpaired) electrons. The minimum atomic E-state index is -0.359. The molecule has 0 saturated carbocycles. The third-order valence-electron chi connectivity index (χ3n) is 4.72. The maximum atomic E-state index is 12.5. The Morgan fingerprint density at radius 2 is 2.11 bits per heavy atom. The van der Waals surface area contributed by atoms with Gasteiger partial charge in [-0.25, -0.2) is 0 Å². The molecule has 6 heteroatoms. The average molecular weight is 387 g/mol. The van der Waals surface area contributed by atoms with E-state index in [1.165, 1.54) is 0 Å². The Morgan fingerprint density at radius 3 is 2.85 bits per heavy atom. The van der Waals surface area contributed by atoms with Gasteiger partial charge in [-0.1, -0.05) is 29.8 Å². The third-order valence-corrected chi connectivity index (χ3v) is 4.96. The molecule has 3 rings (SSSR count). The van der Waals surface area contributed by atoms with Crippen LogP contribution in [0.4, 0.5) is 5.69 Å². The number of hydrogen-bond donors (Lipinski definition) is 1. The smallest absolute Gasteiger partial charge is 0.227 e. The van der Waals surface area contributed by atoms with Crippen molar-refractivity contribution in [1.29, 1.82) is 0 Å². The Bertz CT molecular complexity index is 853. The Kier molecular flexibility index (Phi) is 6.01. The van der Waals surface area contributed by atoms with E-state index in [9.17, 15) is 9.59 Å². The molecule has 1 N–H and O–H groups in total. The molecule has 1 heterocycles. The van der Waals surface area contributed by atoms with Crippen LogP contribution < -0.4 is 15.0 Å². The second kappa shape index (κ2) is 8.44. The minimum Gasteiger partial charge on any atom is -0.495 e. The number of nitrogens with zero attached hydrogens (tertiary/aromatic N) is 1. The lowest BCUT2D eigenvalue weighted by atomic mass is 10.1. The summed E-state index contributed by atoms with van der Waals surface area (Å²) in [6.07, 6.45) is 0.905. The van der Waals surface area contributed by atoms with E-state index in [2.05, 4.69) is 5.32 Å². The molecule has 2 aromatic rings. The van der Waals surface area contributed by atoms with Crippen LogP contribution in [0.25, 0.3) is 0 Å². The average Bonchev–Trinajstić information content (AvgIpc) is 3.03. The summed E-state index contributed by atoms with van der Waals surface area (Å²) < 4.78 is 5.38. The highest BCUT2D eigenvalue weighted by atomic mass is 35.5. The van der Waals surface area contributed by atoms with Gasteiger partial charge in [0.05, 0.1) is 18.7 Å². The van der Waals surface area contributed by atoms with E-state index >= 15 is 0 Å². The van der Waals surface area contributed by atoms with Crippen molar-refractivity contribution in [2.24, 2.45) is 5.92 Å².